The number of nitrogens with one attached hydrogen (secondary N) is 2. The third-order valence-corrected chi connectivity index (χ3v) is 9.02. The molecule has 2 fully saturated rings. The fraction of sp³-hybridized carbons (Fsp3) is 0.294. The molecular formula is C34H32Cl2N6O3. The quantitative estimate of drug-likeness (QED) is 0.215. The molecule has 2 aliphatic heterocycles. The van der Waals surface area contributed by atoms with Crippen molar-refractivity contribution in [3.8, 4) is 45.5 Å². The Morgan fingerprint density at radius 1 is 1.09 bits per heavy atom. The Labute approximate surface area is 271 Å². The molecule has 1 atom stereocenters. The predicted octanol–water partition coefficient (Wildman–Crippen LogP) is 5.21. The second-order valence-electron chi connectivity index (χ2n) is 11.3. The molecule has 0 bridgehead atoms. The number of nitrogens with zero attached hydrogens (tertiary/aromatic N) is 4. The van der Waals surface area contributed by atoms with Gasteiger partial charge in [0, 0.05) is 67.4 Å². The van der Waals surface area contributed by atoms with Crippen molar-refractivity contribution in [1.82, 2.24) is 25.5 Å². The van der Waals surface area contributed by atoms with E-state index in [0.29, 0.717) is 77.6 Å². The van der Waals surface area contributed by atoms with E-state index in [1.54, 1.807) is 13.3 Å². The van der Waals surface area contributed by atoms with Crippen LogP contribution in [-0.4, -0.2) is 64.8 Å². The summed E-state index contributed by atoms with van der Waals surface area (Å²) < 4.78 is 5.56. The van der Waals surface area contributed by atoms with Gasteiger partial charge in [-0.25, -0.2) is 4.98 Å². The molecule has 3 N–H and O–H groups in total. The SMILES string of the molecule is COc1nc(-c2cccc(-c3cccc(-c4ccc(CN5CC(O)C5)c(C#N)c4)c3Cl)c2Cl)cnc1CNC[C@@H]1CCC(=O)N1. The van der Waals surface area contributed by atoms with Crippen LogP contribution in [0.3, 0.4) is 0 Å². The summed E-state index contributed by atoms with van der Waals surface area (Å²) in [4.78, 5) is 22.9. The molecule has 0 saturated carbocycles. The van der Waals surface area contributed by atoms with Crippen LogP contribution in [0.4, 0.5) is 0 Å². The number of rotatable bonds is 10. The molecule has 1 amide bonds. The highest BCUT2D eigenvalue weighted by Gasteiger charge is 2.25. The van der Waals surface area contributed by atoms with E-state index < -0.39 is 0 Å². The molecule has 3 aromatic carbocycles. The van der Waals surface area contributed by atoms with Gasteiger partial charge in [0.15, 0.2) is 0 Å². The fourth-order valence-electron chi connectivity index (χ4n) is 5.81. The number of methoxy groups -OCH3 is 1. The first-order valence-electron chi connectivity index (χ1n) is 14.8. The molecule has 4 aromatic rings. The Morgan fingerprint density at radius 2 is 1.80 bits per heavy atom. The lowest BCUT2D eigenvalue weighted by atomic mass is 9.95. The highest BCUT2D eigenvalue weighted by atomic mass is 35.5. The molecule has 230 valence electrons. The van der Waals surface area contributed by atoms with Gasteiger partial charge in [-0.3, -0.25) is 14.7 Å². The van der Waals surface area contributed by atoms with Crippen molar-refractivity contribution in [1.29, 1.82) is 5.26 Å². The van der Waals surface area contributed by atoms with Crippen LogP contribution in [0.25, 0.3) is 33.5 Å². The number of likely N-dealkylation sites (tertiary alicyclic amines) is 1. The number of ether oxygens (including phenoxy) is 1. The summed E-state index contributed by atoms with van der Waals surface area (Å²) in [5, 5.41) is 26.7. The van der Waals surface area contributed by atoms with Crippen molar-refractivity contribution in [3.63, 3.8) is 0 Å². The zero-order valence-electron chi connectivity index (χ0n) is 24.7. The average molecular weight is 644 g/mol. The summed E-state index contributed by atoms with van der Waals surface area (Å²) in [6.07, 6.45) is 2.75. The number of carbonyl (C=O) groups is 1. The minimum Gasteiger partial charge on any atom is -0.480 e. The number of β-amino-alcohol motifs (C(OH)–C–C–N with tert-alkyl or cyclic N) is 1. The maximum atomic E-state index is 11.5. The van der Waals surface area contributed by atoms with Crippen molar-refractivity contribution in [3.05, 3.63) is 87.7 Å². The largest absolute Gasteiger partial charge is 0.480 e. The van der Waals surface area contributed by atoms with E-state index in [2.05, 4.69) is 26.6 Å². The van der Waals surface area contributed by atoms with E-state index >= 15 is 0 Å². The molecule has 45 heavy (non-hydrogen) atoms. The molecule has 9 nitrogen and oxygen atoms in total. The summed E-state index contributed by atoms with van der Waals surface area (Å²) in [5.41, 5.74) is 6.48. The second-order valence-corrected chi connectivity index (χ2v) is 12.1. The zero-order chi connectivity index (χ0) is 31.5. The molecule has 2 aliphatic rings. The molecule has 11 heteroatoms. The normalized spacial score (nSPS) is 16.7. The van der Waals surface area contributed by atoms with Crippen molar-refractivity contribution in [2.24, 2.45) is 0 Å². The van der Waals surface area contributed by atoms with E-state index in [9.17, 15) is 15.2 Å². The number of benzene rings is 3. The van der Waals surface area contributed by atoms with Crippen LogP contribution in [0.1, 0.15) is 29.7 Å². The number of carbonyl (C=O) groups excluding carboxylic acids is 1. The highest BCUT2D eigenvalue weighted by molar-refractivity contribution is 6.39. The Hall–Kier alpha value is -4.04. The van der Waals surface area contributed by atoms with E-state index in [-0.39, 0.29) is 18.1 Å². The van der Waals surface area contributed by atoms with Gasteiger partial charge in [0.1, 0.15) is 5.69 Å². The van der Waals surface area contributed by atoms with Crippen LogP contribution in [0.5, 0.6) is 5.88 Å². The monoisotopic (exact) mass is 642 g/mol. The second kappa shape index (κ2) is 13.5. The summed E-state index contributed by atoms with van der Waals surface area (Å²) in [6.45, 7) is 2.92. The maximum absolute atomic E-state index is 11.5. The summed E-state index contributed by atoms with van der Waals surface area (Å²) in [5.74, 6) is 0.470. The van der Waals surface area contributed by atoms with Crippen LogP contribution >= 0.6 is 23.2 Å². The summed E-state index contributed by atoms with van der Waals surface area (Å²) in [6, 6.07) is 19.7. The number of aliphatic hydroxyl groups is 1. The van der Waals surface area contributed by atoms with Crippen LogP contribution in [0.2, 0.25) is 10.0 Å². The standard InChI is InChI=1S/C34H32Cl2N6O3/c1-45-34-30(15-38-14-23-10-11-31(44)40-23)39-16-29(41-34)28-7-3-6-27(33(28)36)26-5-2-4-25(32(26)35)20-8-9-21(22(12-20)13-37)17-42-18-24(43)19-42/h2-9,12,16,23-24,38,43H,10-11,14-15,17-19H2,1H3,(H,40,44)/t23-/m0/s1. The fourth-order valence-corrected chi connectivity index (χ4v) is 6.47. The van der Waals surface area contributed by atoms with Crippen molar-refractivity contribution in [2.45, 2.75) is 38.1 Å². The lowest BCUT2D eigenvalue weighted by Crippen LogP contribution is -2.49. The first-order valence-corrected chi connectivity index (χ1v) is 15.5. The molecule has 1 aromatic heterocycles. The third kappa shape index (κ3) is 6.66. The van der Waals surface area contributed by atoms with E-state index in [1.165, 1.54) is 0 Å². The van der Waals surface area contributed by atoms with Gasteiger partial charge in [-0.05, 0) is 23.6 Å². The van der Waals surface area contributed by atoms with Crippen LogP contribution < -0.4 is 15.4 Å². The van der Waals surface area contributed by atoms with Gasteiger partial charge < -0.3 is 20.5 Å². The molecule has 0 radical (unpaired) electrons. The first kappa shape index (κ1) is 31.0. The molecule has 3 heterocycles. The average Bonchev–Trinajstić information content (AvgIpc) is 3.45. The minimum absolute atomic E-state index is 0.0817. The van der Waals surface area contributed by atoms with E-state index in [1.807, 2.05) is 54.6 Å². The van der Waals surface area contributed by atoms with E-state index in [4.69, 9.17) is 32.9 Å². The topological polar surface area (TPSA) is 123 Å². The van der Waals surface area contributed by atoms with Crippen LogP contribution in [0.15, 0.2) is 60.8 Å². The number of nitriles is 1. The molecule has 6 rings (SSSR count). The lowest BCUT2D eigenvalue weighted by molar-refractivity contribution is -0.119. The molecule has 0 aliphatic carbocycles. The van der Waals surface area contributed by atoms with Crippen molar-refractivity contribution in [2.75, 3.05) is 26.7 Å². The van der Waals surface area contributed by atoms with Gasteiger partial charge in [0.25, 0.3) is 0 Å². The Kier molecular flexibility index (Phi) is 9.31. The number of hydrogen-bond acceptors (Lipinski definition) is 8. The van der Waals surface area contributed by atoms with Crippen LogP contribution in [0, 0.1) is 11.3 Å². The van der Waals surface area contributed by atoms with E-state index in [0.717, 1.165) is 34.2 Å². The zero-order valence-corrected chi connectivity index (χ0v) is 26.2. The molecule has 0 spiro atoms. The third-order valence-electron chi connectivity index (χ3n) is 8.21. The minimum atomic E-state index is -0.295. The van der Waals surface area contributed by atoms with Gasteiger partial charge >= 0.3 is 0 Å². The molecule has 2 saturated heterocycles. The smallest absolute Gasteiger partial charge is 0.237 e. The number of amides is 1. The Morgan fingerprint density at radius 3 is 2.47 bits per heavy atom. The lowest BCUT2D eigenvalue weighted by Gasteiger charge is -2.36. The highest BCUT2D eigenvalue weighted by Crippen LogP contribution is 2.42. The number of aliphatic hydroxyl groups excluding tert-OH is 1. The van der Waals surface area contributed by atoms with Gasteiger partial charge in [0.2, 0.25) is 11.8 Å². The first-order chi connectivity index (χ1) is 21.8. The predicted molar refractivity (Wildman–Crippen MR) is 174 cm³/mol. The van der Waals surface area contributed by atoms with Gasteiger partial charge in [-0.2, -0.15) is 5.26 Å². The maximum Gasteiger partial charge on any atom is 0.237 e. The number of halogens is 2. The molecular weight excluding hydrogens is 611 g/mol. The van der Waals surface area contributed by atoms with Crippen molar-refractivity contribution >= 4 is 29.1 Å². The summed E-state index contributed by atoms with van der Waals surface area (Å²) in [7, 11) is 1.55. The number of hydrogen-bond donors (Lipinski definition) is 3. The van der Waals surface area contributed by atoms with Gasteiger partial charge in [-0.1, -0.05) is 71.7 Å². The van der Waals surface area contributed by atoms with Crippen LogP contribution in [-0.2, 0) is 17.9 Å². The number of aromatic nitrogens is 2. The molecule has 0 unspecified atom stereocenters. The van der Waals surface area contributed by atoms with Gasteiger partial charge in [0.05, 0.1) is 46.8 Å². The Balaban J connectivity index is 1.25. The van der Waals surface area contributed by atoms with Gasteiger partial charge in [-0.15, -0.1) is 0 Å². The Bertz CT molecular complexity index is 1790. The van der Waals surface area contributed by atoms with Crippen molar-refractivity contribution < 1.29 is 14.6 Å². The summed E-state index contributed by atoms with van der Waals surface area (Å²) >= 11 is 14.1.